The van der Waals surface area contributed by atoms with Crippen LogP contribution in [0.1, 0.15) is 11.1 Å². The van der Waals surface area contributed by atoms with E-state index >= 15 is 0 Å². The third-order valence-corrected chi connectivity index (χ3v) is 4.72. The summed E-state index contributed by atoms with van der Waals surface area (Å²) < 4.78 is 11.5. The van der Waals surface area contributed by atoms with Crippen LogP contribution in [0.25, 0.3) is 6.08 Å². The molecule has 0 fully saturated rings. The fraction of sp³-hybridized carbons (Fsp3) is 0.0417. The first-order valence-corrected chi connectivity index (χ1v) is 10.6. The quantitative estimate of drug-likeness (QED) is 0.147. The standard InChI is InChI=1S/C24H18BrClN2O4/c25-19-7-12-22(32-24(30)13-6-17-4-2-1-3-5-17)18(14-19)15-27-28-23(29)16-31-21-10-8-20(26)9-11-21/h1-15H,16H2,(H,28,29)/b13-6+,27-15-. The first-order chi connectivity index (χ1) is 15.5. The van der Waals surface area contributed by atoms with Gasteiger partial charge in [-0.05, 0) is 54.1 Å². The number of carbonyl (C=O) groups is 2. The molecule has 0 bridgehead atoms. The van der Waals surface area contributed by atoms with E-state index < -0.39 is 11.9 Å². The van der Waals surface area contributed by atoms with E-state index in [1.807, 2.05) is 30.3 Å². The Kier molecular flexibility index (Phi) is 8.60. The minimum atomic E-state index is -0.536. The van der Waals surface area contributed by atoms with E-state index in [2.05, 4.69) is 26.5 Å². The van der Waals surface area contributed by atoms with E-state index in [9.17, 15) is 9.59 Å². The second-order valence-corrected chi connectivity index (χ2v) is 7.74. The van der Waals surface area contributed by atoms with E-state index in [0.29, 0.717) is 22.1 Å². The molecule has 3 rings (SSSR count). The number of carbonyl (C=O) groups excluding carboxylic acids is 2. The van der Waals surface area contributed by atoms with Gasteiger partial charge in [0.2, 0.25) is 0 Å². The zero-order valence-corrected chi connectivity index (χ0v) is 19.0. The van der Waals surface area contributed by atoms with E-state index in [0.717, 1.165) is 10.0 Å². The molecule has 0 aromatic heterocycles. The molecule has 0 atom stereocenters. The zero-order chi connectivity index (χ0) is 22.8. The molecule has 6 nitrogen and oxygen atoms in total. The van der Waals surface area contributed by atoms with Crippen molar-refractivity contribution < 1.29 is 19.1 Å². The highest BCUT2D eigenvalue weighted by atomic mass is 79.9. The Bertz CT molecular complexity index is 1130. The Morgan fingerprint density at radius 1 is 1.03 bits per heavy atom. The van der Waals surface area contributed by atoms with Gasteiger partial charge in [-0.3, -0.25) is 4.79 Å². The maximum absolute atomic E-state index is 12.2. The van der Waals surface area contributed by atoms with Gasteiger partial charge in [-0.1, -0.05) is 57.9 Å². The van der Waals surface area contributed by atoms with Crippen molar-refractivity contribution in [3.63, 3.8) is 0 Å². The Hall–Kier alpha value is -3.42. The number of nitrogens with one attached hydrogen (secondary N) is 1. The third-order valence-electron chi connectivity index (χ3n) is 3.97. The van der Waals surface area contributed by atoms with Crippen LogP contribution in [0.5, 0.6) is 11.5 Å². The number of hydrogen-bond donors (Lipinski definition) is 1. The summed E-state index contributed by atoms with van der Waals surface area (Å²) in [7, 11) is 0. The molecule has 0 unspecified atom stereocenters. The number of benzene rings is 3. The zero-order valence-electron chi connectivity index (χ0n) is 16.7. The van der Waals surface area contributed by atoms with E-state index in [1.165, 1.54) is 12.3 Å². The van der Waals surface area contributed by atoms with Gasteiger partial charge < -0.3 is 9.47 Å². The van der Waals surface area contributed by atoms with Crippen molar-refractivity contribution in [2.45, 2.75) is 0 Å². The SMILES string of the molecule is O=C(COc1ccc(Cl)cc1)N/N=C\c1cc(Br)ccc1OC(=O)/C=C/c1ccccc1. The average molecular weight is 514 g/mol. The Morgan fingerprint density at radius 2 is 1.78 bits per heavy atom. The van der Waals surface area contributed by atoms with Crippen molar-refractivity contribution in [1.82, 2.24) is 5.43 Å². The predicted molar refractivity (Wildman–Crippen MR) is 128 cm³/mol. The second kappa shape index (κ2) is 11.8. The number of ether oxygens (including phenoxy) is 2. The molecule has 0 heterocycles. The van der Waals surface area contributed by atoms with Crippen molar-refractivity contribution in [2.24, 2.45) is 5.10 Å². The number of rotatable bonds is 8. The first-order valence-electron chi connectivity index (χ1n) is 9.44. The van der Waals surface area contributed by atoms with E-state index in [-0.39, 0.29) is 6.61 Å². The van der Waals surface area contributed by atoms with Crippen LogP contribution in [0.4, 0.5) is 0 Å². The fourth-order valence-corrected chi connectivity index (χ4v) is 2.97. The number of hydrazone groups is 1. The number of halogens is 2. The molecule has 0 aliphatic rings. The number of nitrogens with zero attached hydrogens (tertiary/aromatic N) is 1. The van der Waals surface area contributed by atoms with Crippen molar-refractivity contribution in [3.8, 4) is 11.5 Å². The van der Waals surface area contributed by atoms with Crippen LogP contribution in [0.3, 0.4) is 0 Å². The van der Waals surface area contributed by atoms with Crippen LogP contribution < -0.4 is 14.9 Å². The normalized spacial score (nSPS) is 10.9. The molecular weight excluding hydrogens is 496 g/mol. The molecule has 0 aliphatic heterocycles. The van der Waals surface area contributed by atoms with Gasteiger partial charge in [0.1, 0.15) is 11.5 Å². The van der Waals surface area contributed by atoms with Gasteiger partial charge in [0.05, 0.1) is 6.21 Å². The summed E-state index contributed by atoms with van der Waals surface area (Å²) >= 11 is 9.18. The lowest BCUT2D eigenvalue weighted by Crippen LogP contribution is -2.24. The number of esters is 1. The van der Waals surface area contributed by atoms with Gasteiger partial charge in [-0.2, -0.15) is 5.10 Å². The van der Waals surface area contributed by atoms with Crippen LogP contribution in [-0.2, 0) is 9.59 Å². The van der Waals surface area contributed by atoms with Crippen molar-refractivity contribution in [2.75, 3.05) is 6.61 Å². The third kappa shape index (κ3) is 7.68. The molecule has 0 spiro atoms. The fourth-order valence-electron chi connectivity index (χ4n) is 2.47. The van der Waals surface area contributed by atoms with E-state index in [1.54, 1.807) is 48.5 Å². The van der Waals surface area contributed by atoms with Gasteiger partial charge in [0.15, 0.2) is 6.61 Å². The van der Waals surface area contributed by atoms with Crippen LogP contribution in [0.2, 0.25) is 5.02 Å². The lowest BCUT2D eigenvalue weighted by Gasteiger charge is -2.07. The summed E-state index contributed by atoms with van der Waals surface area (Å²) in [6.07, 6.45) is 4.39. The van der Waals surface area contributed by atoms with Crippen LogP contribution >= 0.6 is 27.5 Å². The maximum Gasteiger partial charge on any atom is 0.336 e. The van der Waals surface area contributed by atoms with Gasteiger partial charge >= 0.3 is 5.97 Å². The molecule has 1 amide bonds. The van der Waals surface area contributed by atoms with Gasteiger partial charge in [0, 0.05) is 21.1 Å². The summed E-state index contributed by atoms with van der Waals surface area (Å²) in [6, 6.07) is 21.1. The average Bonchev–Trinajstić information content (AvgIpc) is 2.80. The minimum Gasteiger partial charge on any atom is -0.484 e. The highest BCUT2D eigenvalue weighted by Gasteiger charge is 2.08. The summed E-state index contributed by atoms with van der Waals surface area (Å²) in [5, 5.41) is 4.49. The molecule has 162 valence electrons. The first kappa shape index (κ1) is 23.2. The van der Waals surface area contributed by atoms with Crippen molar-refractivity contribution >= 4 is 51.7 Å². The van der Waals surface area contributed by atoms with Crippen LogP contribution in [-0.4, -0.2) is 24.7 Å². The summed E-state index contributed by atoms with van der Waals surface area (Å²) in [4.78, 5) is 24.1. The summed E-state index contributed by atoms with van der Waals surface area (Å²) in [6.45, 7) is -0.219. The molecule has 3 aromatic carbocycles. The Labute approximate surface area is 198 Å². The molecule has 8 heteroatoms. The Balaban J connectivity index is 1.57. The molecule has 0 saturated heterocycles. The molecule has 0 radical (unpaired) electrons. The maximum atomic E-state index is 12.2. The Morgan fingerprint density at radius 3 is 2.53 bits per heavy atom. The smallest absolute Gasteiger partial charge is 0.336 e. The molecule has 0 saturated carbocycles. The molecular formula is C24H18BrClN2O4. The number of hydrogen-bond acceptors (Lipinski definition) is 5. The lowest BCUT2D eigenvalue weighted by atomic mass is 10.2. The second-order valence-electron chi connectivity index (χ2n) is 6.38. The largest absolute Gasteiger partial charge is 0.484 e. The monoisotopic (exact) mass is 512 g/mol. The predicted octanol–water partition coefficient (Wildman–Crippen LogP) is 5.25. The van der Waals surface area contributed by atoms with Gasteiger partial charge in [-0.15, -0.1) is 0 Å². The van der Waals surface area contributed by atoms with E-state index in [4.69, 9.17) is 21.1 Å². The lowest BCUT2D eigenvalue weighted by molar-refractivity contribution is -0.129. The van der Waals surface area contributed by atoms with Crippen molar-refractivity contribution in [3.05, 3.63) is 99.5 Å². The van der Waals surface area contributed by atoms with Crippen molar-refractivity contribution in [1.29, 1.82) is 0 Å². The molecule has 1 N–H and O–H groups in total. The molecule has 0 aliphatic carbocycles. The van der Waals surface area contributed by atoms with Gasteiger partial charge in [0.25, 0.3) is 5.91 Å². The highest BCUT2D eigenvalue weighted by molar-refractivity contribution is 9.10. The van der Waals surface area contributed by atoms with Crippen LogP contribution in [0, 0.1) is 0 Å². The minimum absolute atomic E-state index is 0.219. The highest BCUT2D eigenvalue weighted by Crippen LogP contribution is 2.22. The van der Waals surface area contributed by atoms with Crippen LogP contribution in [0.15, 0.2) is 88.4 Å². The summed E-state index contributed by atoms with van der Waals surface area (Å²) in [5.41, 5.74) is 3.75. The van der Waals surface area contributed by atoms with Gasteiger partial charge in [-0.25, -0.2) is 10.2 Å². The molecule has 32 heavy (non-hydrogen) atoms. The topological polar surface area (TPSA) is 77.0 Å². The molecule has 3 aromatic rings. The summed E-state index contributed by atoms with van der Waals surface area (Å²) in [5.74, 6) is -0.175. The number of amides is 1.